The van der Waals surface area contributed by atoms with E-state index in [4.69, 9.17) is 9.72 Å². The highest BCUT2D eigenvalue weighted by atomic mass is 19.1. The molecule has 41 heavy (non-hydrogen) atoms. The molecule has 10 nitrogen and oxygen atoms in total. The summed E-state index contributed by atoms with van der Waals surface area (Å²) in [6.45, 7) is 7.87. The van der Waals surface area contributed by atoms with Gasteiger partial charge in [0.1, 0.15) is 11.5 Å². The quantitative estimate of drug-likeness (QED) is 0.245. The van der Waals surface area contributed by atoms with Gasteiger partial charge in [0.05, 0.1) is 36.2 Å². The summed E-state index contributed by atoms with van der Waals surface area (Å²) in [5.41, 5.74) is 6.25. The molecule has 0 aliphatic carbocycles. The van der Waals surface area contributed by atoms with Gasteiger partial charge in [-0.1, -0.05) is 30.9 Å². The van der Waals surface area contributed by atoms with Crippen LogP contribution in [0.3, 0.4) is 0 Å². The molecular weight excluding hydrogens is 523 g/mol. The zero-order valence-corrected chi connectivity index (χ0v) is 22.3. The number of urea groups is 1. The minimum Gasteiger partial charge on any atom is -0.378 e. The fourth-order valence-electron chi connectivity index (χ4n) is 4.80. The second-order valence-corrected chi connectivity index (χ2v) is 9.57. The summed E-state index contributed by atoms with van der Waals surface area (Å²) in [6.07, 6.45) is 8.50. The molecule has 11 heteroatoms. The maximum atomic E-state index is 14.0. The van der Waals surface area contributed by atoms with Crippen molar-refractivity contribution in [2.75, 3.05) is 31.6 Å². The van der Waals surface area contributed by atoms with E-state index in [-0.39, 0.29) is 11.8 Å². The minimum atomic E-state index is -0.330. The Morgan fingerprint density at radius 2 is 1.98 bits per heavy atom. The number of allylic oxidation sites excluding steroid dienone is 2. The topological polar surface area (TPSA) is 125 Å². The van der Waals surface area contributed by atoms with Crippen molar-refractivity contribution in [3.63, 3.8) is 0 Å². The summed E-state index contributed by atoms with van der Waals surface area (Å²) in [5, 5.41) is 11.1. The Bertz CT molecular complexity index is 1780. The van der Waals surface area contributed by atoms with E-state index in [1.54, 1.807) is 35.6 Å². The standard InChI is InChI=1S/C30H27FN8O2/c1-3-5-24(19-6-4-7-22(31)12-19)26-18(2)34-29(36-26)27-25-14-21(16-33-28(25)38-37-27)20-13-23(17-32-15-20)35-30(40)39-8-10-41-11-9-39/h3-7,12-17H,1,8-11H2,2H3,(H,34,36)(H,35,40)(H,33,37,38)/b24-5-. The Hall–Kier alpha value is -5.16. The van der Waals surface area contributed by atoms with E-state index >= 15 is 0 Å². The number of halogens is 1. The highest BCUT2D eigenvalue weighted by molar-refractivity contribution is 5.93. The Balaban J connectivity index is 1.32. The lowest BCUT2D eigenvalue weighted by atomic mass is 10.0. The van der Waals surface area contributed by atoms with Gasteiger partial charge in [-0.05, 0) is 36.8 Å². The largest absolute Gasteiger partial charge is 0.378 e. The van der Waals surface area contributed by atoms with Crippen LogP contribution in [0.4, 0.5) is 14.9 Å². The molecule has 0 spiro atoms. The zero-order valence-electron chi connectivity index (χ0n) is 22.3. The summed E-state index contributed by atoms with van der Waals surface area (Å²) in [7, 11) is 0. The van der Waals surface area contributed by atoms with Crippen molar-refractivity contribution >= 4 is 28.3 Å². The zero-order chi connectivity index (χ0) is 28.3. The second-order valence-electron chi connectivity index (χ2n) is 9.57. The lowest BCUT2D eigenvalue weighted by molar-refractivity contribution is 0.0564. The molecule has 1 aliphatic rings. The number of imidazole rings is 1. The van der Waals surface area contributed by atoms with Crippen LogP contribution in [0, 0.1) is 12.7 Å². The lowest BCUT2D eigenvalue weighted by Crippen LogP contribution is -2.43. The Morgan fingerprint density at radius 3 is 2.78 bits per heavy atom. The van der Waals surface area contributed by atoms with Crippen molar-refractivity contribution in [3.05, 3.63) is 96.5 Å². The first-order valence-corrected chi connectivity index (χ1v) is 13.1. The number of amides is 2. The SMILES string of the molecule is C=C/C=C(/c1cccc(F)c1)c1nc(-c2[nH]nc3ncc(-c4cncc(NC(=O)N5CCOCC5)c4)cc23)[nH]c1C. The molecule has 0 saturated carbocycles. The molecule has 1 fully saturated rings. The average molecular weight is 551 g/mol. The Kier molecular flexibility index (Phi) is 7.09. The van der Waals surface area contributed by atoms with Crippen LogP contribution < -0.4 is 5.32 Å². The summed E-state index contributed by atoms with van der Waals surface area (Å²) in [6, 6.07) is 9.99. The molecule has 3 N–H and O–H groups in total. The van der Waals surface area contributed by atoms with E-state index in [2.05, 4.69) is 37.0 Å². The number of H-pyrrole nitrogens is 2. The fraction of sp³-hybridized carbons (Fsp3) is 0.167. The molecule has 1 aliphatic heterocycles. The van der Waals surface area contributed by atoms with Crippen molar-refractivity contribution < 1.29 is 13.9 Å². The molecule has 1 saturated heterocycles. The van der Waals surface area contributed by atoms with Gasteiger partial charge >= 0.3 is 6.03 Å². The third-order valence-corrected chi connectivity index (χ3v) is 6.83. The van der Waals surface area contributed by atoms with Gasteiger partial charge < -0.3 is 19.9 Å². The number of benzene rings is 1. The number of nitrogens with zero attached hydrogens (tertiary/aromatic N) is 5. The van der Waals surface area contributed by atoms with Crippen LogP contribution in [0.5, 0.6) is 0 Å². The van der Waals surface area contributed by atoms with Crippen LogP contribution in [-0.2, 0) is 4.74 Å². The first kappa shape index (κ1) is 26.1. The van der Waals surface area contributed by atoms with E-state index in [1.165, 1.54) is 12.1 Å². The summed E-state index contributed by atoms with van der Waals surface area (Å²) in [4.78, 5) is 31.4. The number of carbonyl (C=O) groups excluding carboxylic acids is 1. The first-order chi connectivity index (χ1) is 20.0. The number of aromatic nitrogens is 6. The monoisotopic (exact) mass is 550 g/mol. The Labute approximate surface area is 235 Å². The van der Waals surface area contributed by atoms with Crippen LogP contribution in [0.1, 0.15) is 17.0 Å². The molecule has 0 unspecified atom stereocenters. The summed E-state index contributed by atoms with van der Waals surface area (Å²) >= 11 is 0. The number of ether oxygens (including phenoxy) is 1. The maximum Gasteiger partial charge on any atom is 0.322 e. The van der Waals surface area contributed by atoms with E-state index in [1.807, 2.05) is 31.2 Å². The van der Waals surface area contributed by atoms with Gasteiger partial charge in [0.2, 0.25) is 0 Å². The number of hydrogen-bond donors (Lipinski definition) is 3. The number of fused-ring (bicyclic) bond motifs is 1. The summed E-state index contributed by atoms with van der Waals surface area (Å²) in [5.74, 6) is 0.234. The van der Waals surface area contributed by atoms with E-state index in [9.17, 15) is 9.18 Å². The number of aryl methyl sites for hydroxylation is 1. The summed E-state index contributed by atoms with van der Waals surface area (Å²) < 4.78 is 19.3. The number of morpholine rings is 1. The molecular formula is C30H27FN8O2. The molecule has 6 rings (SSSR count). The number of nitrogens with one attached hydrogen (secondary N) is 3. The highest BCUT2D eigenvalue weighted by Gasteiger charge is 2.20. The van der Waals surface area contributed by atoms with Crippen LogP contribution >= 0.6 is 0 Å². The molecule has 206 valence electrons. The van der Waals surface area contributed by atoms with Crippen LogP contribution in [0.15, 0.2) is 73.7 Å². The molecule has 4 aromatic heterocycles. The predicted octanol–water partition coefficient (Wildman–Crippen LogP) is 5.34. The molecule has 0 atom stereocenters. The van der Waals surface area contributed by atoms with Gasteiger partial charge in [-0.2, -0.15) is 5.10 Å². The van der Waals surface area contributed by atoms with Crippen molar-refractivity contribution in [1.82, 2.24) is 35.0 Å². The third-order valence-electron chi connectivity index (χ3n) is 6.83. The Morgan fingerprint density at radius 1 is 1.15 bits per heavy atom. The van der Waals surface area contributed by atoms with Crippen molar-refractivity contribution in [1.29, 1.82) is 0 Å². The number of rotatable bonds is 6. The molecule has 5 aromatic rings. The van der Waals surface area contributed by atoms with Gasteiger partial charge in [-0.25, -0.2) is 19.2 Å². The van der Waals surface area contributed by atoms with Gasteiger partial charge in [-0.3, -0.25) is 10.1 Å². The van der Waals surface area contributed by atoms with Gasteiger partial charge in [0.25, 0.3) is 0 Å². The fourth-order valence-corrected chi connectivity index (χ4v) is 4.80. The normalized spacial score (nSPS) is 13.9. The van der Waals surface area contributed by atoms with Crippen molar-refractivity contribution in [2.24, 2.45) is 0 Å². The molecule has 0 bridgehead atoms. The maximum absolute atomic E-state index is 14.0. The first-order valence-electron chi connectivity index (χ1n) is 13.1. The number of hydrogen-bond acceptors (Lipinski definition) is 6. The minimum absolute atomic E-state index is 0.190. The van der Waals surface area contributed by atoms with E-state index in [0.29, 0.717) is 60.4 Å². The van der Waals surface area contributed by atoms with Gasteiger partial charge in [0, 0.05) is 47.9 Å². The number of pyridine rings is 2. The lowest BCUT2D eigenvalue weighted by Gasteiger charge is -2.26. The van der Waals surface area contributed by atoms with E-state index < -0.39 is 0 Å². The van der Waals surface area contributed by atoms with E-state index in [0.717, 1.165) is 27.8 Å². The van der Waals surface area contributed by atoms with Gasteiger partial charge in [-0.15, -0.1) is 0 Å². The second kappa shape index (κ2) is 11.1. The molecule has 0 radical (unpaired) electrons. The molecule has 2 amide bonds. The van der Waals surface area contributed by atoms with Gasteiger partial charge in [0.15, 0.2) is 11.5 Å². The third kappa shape index (κ3) is 5.35. The molecule has 1 aromatic carbocycles. The van der Waals surface area contributed by atoms with Crippen LogP contribution in [-0.4, -0.2) is 67.4 Å². The van der Waals surface area contributed by atoms with Crippen molar-refractivity contribution in [2.45, 2.75) is 6.92 Å². The van der Waals surface area contributed by atoms with Crippen LogP contribution in [0.25, 0.3) is 39.3 Å². The van der Waals surface area contributed by atoms with Crippen LogP contribution in [0.2, 0.25) is 0 Å². The number of aromatic amines is 2. The highest BCUT2D eigenvalue weighted by Crippen LogP contribution is 2.32. The smallest absolute Gasteiger partial charge is 0.322 e. The predicted molar refractivity (Wildman–Crippen MR) is 155 cm³/mol. The number of anilines is 1. The number of carbonyl (C=O) groups is 1. The molecule has 5 heterocycles. The van der Waals surface area contributed by atoms with Crippen molar-refractivity contribution in [3.8, 4) is 22.6 Å². The average Bonchev–Trinajstić information content (AvgIpc) is 3.59.